The molecule has 0 bridgehead atoms. The molecule has 1 aromatic heterocycles. The summed E-state index contributed by atoms with van der Waals surface area (Å²) in [5.41, 5.74) is 1.02. The third-order valence-electron chi connectivity index (χ3n) is 4.19. The van der Waals surface area contributed by atoms with Gasteiger partial charge in [-0.25, -0.2) is 9.97 Å². The molecule has 31 heavy (non-hydrogen) atoms. The average Bonchev–Trinajstić information content (AvgIpc) is 2.76. The van der Waals surface area contributed by atoms with Crippen LogP contribution >= 0.6 is 15.9 Å². The minimum absolute atomic E-state index is 0.0780. The van der Waals surface area contributed by atoms with Crippen molar-refractivity contribution in [2.24, 2.45) is 0 Å². The Kier molecular flexibility index (Phi) is 6.04. The smallest absolute Gasteiger partial charge is 0.353 e. The number of hydrogen-bond donors (Lipinski definition) is 2. The summed E-state index contributed by atoms with van der Waals surface area (Å²) >= 11 is 3.38. The molecule has 0 fully saturated rings. The SMILES string of the molecule is O=[N+]([O-])c1c(Nc2ccc(Oc3ccccc3)cc2)ncnc1Nc1cccc(Br)c1. The Hall–Kier alpha value is -3.98. The van der Waals surface area contributed by atoms with Crippen molar-refractivity contribution in [3.05, 3.63) is 99.8 Å². The fourth-order valence-corrected chi connectivity index (χ4v) is 3.20. The molecule has 0 saturated heterocycles. The molecule has 4 rings (SSSR count). The van der Waals surface area contributed by atoms with Crippen molar-refractivity contribution in [3.8, 4) is 11.5 Å². The van der Waals surface area contributed by atoms with Crippen LogP contribution in [0.3, 0.4) is 0 Å². The van der Waals surface area contributed by atoms with Crippen LogP contribution in [-0.2, 0) is 0 Å². The lowest BCUT2D eigenvalue weighted by Crippen LogP contribution is -2.05. The molecule has 0 unspecified atom stereocenters. The van der Waals surface area contributed by atoms with Gasteiger partial charge < -0.3 is 15.4 Å². The van der Waals surface area contributed by atoms with Gasteiger partial charge in [0, 0.05) is 15.8 Å². The molecule has 8 nitrogen and oxygen atoms in total. The van der Waals surface area contributed by atoms with Crippen LogP contribution in [0, 0.1) is 10.1 Å². The van der Waals surface area contributed by atoms with E-state index in [1.165, 1.54) is 6.33 Å². The molecule has 9 heteroatoms. The summed E-state index contributed by atoms with van der Waals surface area (Å²) in [6.07, 6.45) is 1.27. The summed E-state index contributed by atoms with van der Waals surface area (Å²) in [6, 6.07) is 23.7. The van der Waals surface area contributed by atoms with Gasteiger partial charge in [-0.05, 0) is 54.6 Å². The third-order valence-corrected chi connectivity index (χ3v) is 4.68. The number of halogens is 1. The van der Waals surface area contributed by atoms with Crippen LogP contribution < -0.4 is 15.4 Å². The van der Waals surface area contributed by atoms with Crippen molar-refractivity contribution in [2.75, 3.05) is 10.6 Å². The molecule has 0 aliphatic rings. The van der Waals surface area contributed by atoms with Gasteiger partial charge in [0.25, 0.3) is 0 Å². The molecular weight excluding hydrogens is 462 g/mol. The number of nitrogens with zero attached hydrogens (tertiary/aromatic N) is 3. The highest BCUT2D eigenvalue weighted by Gasteiger charge is 2.23. The molecule has 3 aromatic carbocycles. The molecule has 0 saturated carbocycles. The average molecular weight is 478 g/mol. The highest BCUT2D eigenvalue weighted by molar-refractivity contribution is 9.10. The number of nitro groups is 1. The summed E-state index contributed by atoms with van der Waals surface area (Å²) < 4.78 is 6.60. The molecule has 0 radical (unpaired) electrons. The van der Waals surface area contributed by atoms with Crippen molar-refractivity contribution in [2.45, 2.75) is 0 Å². The zero-order valence-corrected chi connectivity index (χ0v) is 17.6. The molecular formula is C22H16BrN5O3. The number of benzene rings is 3. The Morgan fingerprint density at radius 2 is 1.45 bits per heavy atom. The summed E-state index contributed by atoms with van der Waals surface area (Å²) in [4.78, 5) is 19.4. The van der Waals surface area contributed by atoms with E-state index < -0.39 is 4.92 Å². The number of nitrogens with one attached hydrogen (secondary N) is 2. The lowest BCUT2D eigenvalue weighted by molar-refractivity contribution is -0.383. The van der Waals surface area contributed by atoms with E-state index in [4.69, 9.17) is 4.74 Å². The molecule has 0 atom stereocenters. The van der Waals surface area contributed by atoms with Crippen molar-refractivity contribution in [3.63, 3.8) is 0 Å². The summed E-state index contributed by atoms with van der Waals surface area (Å²) in [5.74, 6) is 1.53. The van der Waals surface area contributed by atoms with E-state index in [9.17, 15) is 10.1 Å². The predicted molar refractivity (Wildman–Crippen MR) is 122 cm³/mol. The van der Waals surface area contributed by atoms with E-state index in [0.717, 1.165) is 10.2 Å². The zero-order chi connectivity index (χ0) is 21.6. The van der Waals surface area contributed by atoms with Crippen LogP contribution in [0.2, 0.25) is 0 Å². The Balaban J connectivity index is 1.56. The van der Waals surface area contributed by atoms with Crippen molar-refractivity contribution in [1.29, 1.82) is 0 Å². The maximum Gasteiger partial charge on any atom is 0.353 e. The number of aromatic nitrogens is 2. The molecule has 4 aromatic rings. The van der Waals surface area contributed by atoms with Gasteiger partial charge in [-0.15, -0.1) is 0 Å². The van der Waals surface area contributed by atoms with Gasteiger partial charge in [0.05, 0.1) is 4.92 Å². The number of hydrogen-bond acceptors (Lipinski definition) is 7. The highest BCUT2D eigenvalue weighted by atomic mass is 79.9. The van der Waals surface area contributed by atoms with Crippen LogP contribution in [-0.4, -0.2) is 14.9 Å². The van der Waals surface area contributed by atoms with E-state index in [-0.39, 0.29) is 17.3 Å². The third kappa shape index (κ3) is 5.14. The van der Waals surface area contributed by atoms with Gasteiger partial charge in [-0.3, -0.25) is 10.1 Å². The minimum atomic E-state index is -0.518. The van der Waals surface area contributed by atoms with Crippen LogP contribution in [0.15, 0.2) is 89.7 Å². The van der Waals surface area contributed by atoms with Crippen LogP contribution in [0.4, 0.5) is 28.7 Å². The second-order valence-corrected chi connectivity index (χ2v) is 7.29. The van der Waals surface area contributed by atoms with Gasteiger partial charge >= 0.3 is 5.69 Å². The molecule has 154 valence electrons. The first-order valence-corrected chi connectivity index (χ1v) is 10.00. The molecule has 0 spiro atoms. The number of anilines is 4. The number of ether oxygens (including phenoxy) is 1. The fraction of sp³-hybridized carbons (Fsp3) is 0. The summed E-state index contributed by atoms with van der Waals surface area (Å²) in [7, 11) is 0. The van der Waals surface area contributed by atoms with E-state index >= 15 is 0 Å². The normalized spacial score (nSPS) is 10.4. The Bertz CT molecular complexity index is 1200. The maximum atomic E-state index is 11.8. The first-order chi connectivity index (χ1) is 15.1. The lowest BCUT2D eigenvalue weighted by Gasteiger charge is -2.11. The van der Waals surface area contributed by atoms with Crippen LogP contribution in [0.25, 0.3) is 0 Å². The van der Waals surface area contributed by atoms with Gasteiger partial charge in [-0.1, -0.05) is 40.2 Å². The topological polar surface area (TPSA) is 102 Å². The summed E-state index contributed by atoms with van der Waals surface area (Å²) in [5, 5.41) is 17.7. The Morgan fingerprint density at radius 1 is 0.806 bits per heavy atom. The van der Waals surface area contributed by atoms with E-state index in [2.05, 4.69) is 36.5 Å². The van der Waals surface area contributed by atoms with Gasteiger partial charge in [0.1, 0.15) is 17.8 Å². The Morgan fingerprint density at radius 3 is 2.10 bits per heavy atom. The maximum absolute atomic E-state index is 11.8. The molecule has 0 aliphatic heterocycles. The van der Waals surface area contributed by atoms with Crippen molar-refractivity contribution in [1.82, 2.24) is 9.97 Å². The molecule has 0 aliphatic carbocycles. The summed E-state index contributed by atoms with van der Waals surface area (Å²) in [6.45, 7) is 0. The molecule has 0 amide bonds. The second kappa shape index (κ2) is 9.23. The first-order valence-electron chi connectivity index (χ1n) is 9.20. The lowest BCUT2D eigenvalue weighted by atomic mass is 10.3. The zero-order valence-electron chi connectivity index (χ0n) is 16.0. The van der Waals surface area contributed by atoms with E-state index in [1.807, 2.05) is 42.5 Å². The number of para-hydroxylation sites is 1. The highest BCUT2D eigenvalue weighted by Crippen LogP contribution is 2.34. The molecule has 1 heterocycles. The second-order valence-electron chi connectivity index (χ2n) is 6.38. The van der Waals surface area contributed by atoms with E-state index in [0.29, 0.717) is 17.1 Å². The van der Waals surface area contributed by atoms with Gasteiger partial charge in [0.15, 0.2) is 0 Å². The number of rotatable bonds is 7. The van der Waals surface area contributed by atoms with Gasteiger partial charge in [0.2, 0.25) is 11.6 Å². The first kappa shape index (κ1) is 20.3. The molecule has 2 N–H and O–H groups in total. The predicted octanol–water partition coefficient (Wildman–Crippen LogP) is 6.43. The van der Waals surface area contributed by atoms with E-state index in [1.54, 1.807) is 36.4 Å². The Labute approximate surface area is 186 Å². The van der Waals surface area contributed by atoms with Crippen molar-refractivity contribution < 1.29 is 9.66 Å². The largest absolute Gasteiger partial charge is 0.457 e. The quantitative estimate of drug-likeness (QED) is 0.233. The van der Waals surface area contributed by atoms with Crippen LogP contribution in [0.5, 0.6) is 11.5 Å². The standard InChI is InChI=1S/C22H16BrN5O3/c23-15-5-4-6-17(13-15)27-22-20(28(29)30)21(24-14-25-22)26-16-9-11-19(12-10-16)31-18-7-2-1-3-8-18/h1-14H,(H2,24,25,26,27). The van der Waals surface area contributed by atoms with Crippen LogP contribution in [0.1, 0.15) is 0 Å². The minimum Gasteiger partial charge on any atom is -0.457 e. The monoisotopic (exact) mass is 477 g/mol. The van der Waals surface area contributed by atoms with Gasteiger partial charge in [-0.2, -0.15) is 0 Å². The fourth-order valence-electron chi connectivity index (χ4n) is 2.81. The van der Waals surface area contributed by atoms with Crippen molar-refractivity contribution >= 4 is 44.6 Å².